The predicted octanol–water partition coefficient (Wildman–Crippen LogP) is 1.33. The van der Waals surface area contributed by atoms with Crippen molar-refractivity contribution >= 4 is 5.91 Å². The fourth-order valence-corrected chi connectivity index (χ4v) is 4.35. The van der Waals surface area contributed by atoms with Gasteiger partial charge in [0.1, 0.15) is 11.4 Å². The van der Waals surface area contributed by atoms with Crippen molar-refractivity contribution in [1.82, 2.24) is 19.9 Å². The summed E-state index contributed by atoms with van der Waals surface area (Å²) in [6.45, 7) is 6.40. The van der Waals surface area contributed by atoms with Gasteiger partial charge in [-0.25, -0.2) is 0 Å². The van der Waals surface area contributed by atoms with Crippen LogP contribution in [0.25, 0.3) is 0 Å². The molecule has 0 unspecified atom stereocenters. The average molecular weight is 384 g/mol. The summed E-state index contributed by atoms with van der Waals surface area (Å²) in [4.78, 5) is 19.4. The Bertz CT molecular complexity index is 816. The molecule has 2 aliphatic rings. The van der Waals surface area contributed by atoms with Gasteiger partial charge in [-0.3, -0.25) is 9.69 Å². The van der Waals surface area contributed by atoms with Crippen LogP contribution in [0.3, 0.4) is 0 Å². The summed E-state index contributed by atoms with van der Waals surface area (Å²) in [5.74, 6) is 0.489. The van der Waals surface area contributed by atoms with Crippen molar-refractivity contribution in [1.29, 1.82) is 0 Å². The highest BCUT2D eigenvalue weighted by molar-refractivity contribution is 5.92. The van der Waals surface area contributed by atoms with Crippen LogP contribution in [-0.2, 0) is 5.60 Å². The van der Waals surface area contributed by atoms with Gasteiger partial charge in [0.05, 0.1) is 6.04 Å². The fourth-order valence-electron chi connectivity index (χ4n) is 4.35. The molecule has 1 N–H and O–H groups in total. The lowest BCUT2D eigenvalue weighted by Gasteiger charge is -2.51. The molecule has 2 aromatic rings. The first-order valence-corrected chi connectivity index (χ1v) is 9.90. The molecule has 1 aromatic carbocycles. The highest BCUT2D eigenvalue weighted by Crippen LogP contribution is 2.36. The summed E-state index contributed by atoms with van der Waals surface area (Å²) in [5.41, 5.74) is 0.274. The Kier molecular flexibility index (Phi) is 5.23. The van der Waals surface area contributed by atoms with E-state index in [2.05, 4.69) is 22.0 Å². The molecule has 28 heavy (non-hydrogen) atoms. The first-order valence-electron chi connectivity index (χ1n) is 9.90. The van der Waals surface area contributed by atoms with Crippen molar-refractivity contribution in [2.24, 2.45) is 0 Å². The highest BCUT2D eigenvalue weighted by atomic mass is 16.5. The van der Waals surface area contributed by atoms with Crippen LogP contribution in [0, 0.1) is 6.92 Å². The summed E-state index contributed by atoms with van der Waals surface area (Å²) in [6, 6.07) is 11.4. The van der Waals surface area contributed by atoms with Crippen LogP contribution in [0.1, 0.15) is 28.2 Å². The second kappa shape index (κ2) is 7.66. The minimum atomic E-state index is -0.978. The molecule has 2 saturated heterocycles. The molecule has 7 nitrogen and oxygen atoms in total. The number of likely N-dealkylation sites (tertiary alicyclic amines) is 1. The number of carbonyl (C=O) groups excluding carboxylic acids is 1. The molecular formula is C21H28N4O3. The van der Waals surface area contributed by atoms with Crippen LogP contribution in [0.2, 0.25) is 0 Å². The maximum absolute atomic E-state index is 12.9. The van der Waals surface area contributed by atoms with Crippen LogP contribution >= 0.6 is 0 Å². The second-order valence-corrected chi connectivity index (χ2v) is 7.97. The van der Waals surface area contributed by atoms with Crippen molar-refractivity contribution < 1.29 is 14.4 Å². The summed E-state index contributed by atoms with van der Waals surface area (Å²) in [6.07, 6.45) is 0.497. The smallest absolute Gasteiger partial charge is 0.276 e. The van der Waals surface area contributed by atoms with Crippen LogP contribution in [0.5, 0.6) is 0 Å². The topological polar surface area (TPSA) is 73.1 Å². The monoisotopic (exact) mass is 384 g/mol. The molecule has 0 aliphatic carbocycles. The average Bonchev–Trinajstić information content (AvgIpc) is 3.16. The number of piperidine rings is 1. The molecule has 0 saturated carbocycles. The van der Waals surface area contributed by atoms with Gasteiger partial charge >= 0.3 is 0 Å². The van der Waals surface area contributed by atoms with E-state index in [1.165, 1.54) is 0 Å². The third-order valence-electron chi connectivity index (χ3n) is 6.09. The Morgan fingerprint density at radius 3 is 2.54 bits per heavy atom. The van der Waals surface area contributed by atoms with Crippen LogP contribution < -0.4 is 0 Å². The summed E-state index contributed by atoms with van der Waals surface area (Å²) < 4.78 is 5.08. The SMILES string of the molecule is Cc1cc(C(=O)N2CC[C@](O)(c3ccccc3)[C@H](N3CCN(C)CC3)C2)no1. The molecule has 1 amide bonds. The number of nitrogens with zero attached hydrogens (tertiary/aromatic N) is 4. The van der Waals surface area contributed by atoms with Crippen molar-refractivity contribution in [3.63, 3.8) is 0 Å². The number of amides is 1. The Balaban J connectivity index is 1.61. The minimum absolute atomic E-state index is 0.133. The lowest BCUT2D eigenvalue weighted by Crippen LogP contribution is -2.64. The number of hydrogen-bond acceptors (Lipinski definition) is 6. The van der Waals surface area contributed by atoms with E-state index in [0.717, 1.165) is 31.7 Å². The Labute approximate surface area is 165 Å². The van der Waals surface area contributed by atoms with E-state index in [9.17, 15) is 9.90 Å². The first kappa shape index (κ1) is 19.1. The van der Waals surface area contributed by atoms with Gasteiger partial charge in [0.25, 0.3) is 5.91 Å². The predicted molar refractivity (Wildman–Crippen MR) is 105 cm³/mol. The quantitative estimate of drug-likeness (QED) is 0.861. The first-order chi connectivity index (χ1) is 13.5. The Hall–Kier alpha value is -2.22. The minimum Gasteiger partial charge on any atom is -0.383 e. The Morgan fingerprint density at radius 2 is 1.89 bits per heavy atom. The van der Waals surface area contributed by atoms with Crippen LogP contribution in [0.15, 0.2) is 40.9 Å². The van der Waals surface area contributed by atoms with Gasteiger partial charge in [-0.1, -0.05) is 35.5 Å². The molecule has 4 rings (SSSR count). The van der Waals surface area contributed by atoms with E-state index >= 15 is 0 Å². The van der Waals surface area contributed by atoms with Gasteiger partial charge in [-0.15, -0.1) is 0 Å². The fraction of sp³-hybridized carbons (Fsp3) is 0.524. The maximum atomic E-state index is 12.9. The van der Waals surface area contributed by atoms with Crippen LogP contribution in [0.4, 0.5) is 0 Å². The van der Waals surface area contributed by atoms with Gasteiger partial charge in [-0.05, 0) is 26.0 Å². The van der Waals surface area contributed by atoms with Gasteiger partial charge in [-0.2, -0.15) is 0 Å². The number of aromatic nitrogens is 1. The maximum Gasteiger partial charge on any atom is 0.276 e. The summed E-state index contributed by atoms with van der Waals surface area (Å²) >= 11 is 0. The number of piperazine rings is 1. The molecule has 2 atom stereocenters. The van der Waals surface area contributed by atoms with Gasteiger partial charge in [0.2, 0.25) is 0 Å². The summed E-state index contributed by atoms with van der Waals surface area (Å²) in [7, 11) is 2.12. The number of rotatable bonds is 3. The molecule has 0 spiro atoms. The molecule has 2 fully saturated rings. The van der Waals surface area contributed by atoms with E-state index in [4.69, 9.17) is 4.52 Å². The third kappa shape index (κ3) is 3.57. The standard InChI is InChI=1S/C21H28N4O3/c1-16-14-18(22-28-16)20(26)25-9-8-21(27,17-6-4-3-5-7-17)19(15-25)24-12-10-23(2)11-13-24/h3-7,14,19,27H,8-13,15H2,1-2H3/t19-,21+/m1/s1. The zero-order chi connectivity index (χ0) is 19.7. The molecule has 2 aliphatic heterocycles. The normalized spacial score (nSPS) is 27.1. The molecule has 0 radical (unpaired) electrons. The third-order valence-corrected chi connectivity index (χ3v) is 6.09. The number of aryl methyl sites for hydroxylation is 1. The molecular weight excluding hydrogens is 356 g/mol. The van der Waals surface area contributed by atoms with E-state index in [-0.39, 0.29) is 11.9 Å². The number of hydrogen-bond donors (Lipinski definition) is 1. The molecule has 150 valence electrons. The number of benzene rings is 1. The number of likely N-dealkylation sites (N-methyl/N-ethyl adjacent to an activating group) is 1. The van der Waals surface area contributed by atoms with Crippen molar-refractivity contribution in [3.8, 4) is 0 Å². The van der Waals surface area contributed by atoms with E-state index < -0.39 is 5.60 Å². The zero-order valence-electron chi connectivity index (χ0n) is 16.5. The summed E-state index contributed by atoms with van der Waals surface area (Å²) in [5, 5.41) is 15.7. The van der Waals surface area contributed by atoms with Crippen molar-refractivity contribution in [3.05, 3.63) is 53.4 Å². The van der Waals surface area contributed by atoms with Crippen molar-refractivity contribution in [2.45, 2.75) is 25.0 Å². The number of carbonyl (C=O) groups is 1. The molecule has 3 heterocycles. The lowest BCUT2D eigenvalue weighted by molar-refractivity contribution is -0.101. The van der Waals surface area contributed by atoms with E-state index in [0.29, 0.717) is 31.0 Å². The second-order valence-electron chi connectivity index (χ2n) is 7.97. The van der Waals surface area contributed by atoms with Crippen molar-refractivity contribution in [2.75, 3.05) is 46.3 Å². The van der Waals surface area contributed by atoms with Gasteiger partial charge in [0.15, 0.2) is 5.69 Å². The van der Waals surface area contributed by atoms with Gasteiger partial charge in [0, 0.05) is 45.3 Å². The van der Waals surface area contributed by atoms with Crippen LogP contribution in [-0.4, -0.2) is 83.2 Å². The molecule has 0 bridgehead atoms. The molecule has 1 aromatic heterocycles. The largest absolute Gasteiger partial charge is 0.383 e. The zero-order valence-corrected chi connectivity index (χ0v) is 16.5. The Morgan fingerprint density at radius 1 is 1.18 bits per heavy atom. The van der Waals surface area contributed by atoms with E-state index in [1.54, 1.807) is 17.9 Å². The lowest BCUT2D eigenvalue weighted by atomic mass is 9.79. The van der Waals surface area contributed by atoms with Gasteiger partial charge < -0.3 is 19.4 Å². The van der Waals surface area contributed by atoms with E-state index in [1.807, 2.05) is 30.3 Å². The number of aliphatic hydroxyl groups is 1. The molecule has 7 heteroatoms. The highest BCUT2D eigenvalue weighted by Gasteiger charge is 2.47.